The molecule has 1 atom stereocenters. The highest BCUT2D eigenvalue weighted by Crippen LogP contribution is 2.30. The van der Waals surface area contributed by atoms with Crippen molar-refractivity contribution >= 4 is 0 Å². The summed E-state index contributed by atoms with van der Waals surface area (Å²) >= 11 is 0. The van der Waals surface area contributed by atoms with Gasteiger partial charge in [0.25, 0.3) is 0 Å². The molecule has 0 aliphatic carbocycles. The summed E-state index contributed by atoms with van der Waals surface area (Å²) in [6.45, 7) is 2.08. The van der Waals surface area contributed by atoms with Crippen molar-refractivity contribution in [3.63, 3.8) is 0 Å². The van der Waals surface area contributed by atoms with Gasteiger partial charge in [-0.15, -0.1) is 0 Å². The SMILES string of the molecule is CCCCc1ccc(C(N)C(F)(F)F)cc1. The Balaban J connectivity index is 2.71. The van der Waals surface area contributed by atoms with Crippen LogP contribution >= 0.6 is 0 Å². The molecule has 16 heavy (non-hydrogen) atoms. The number of nitrogens with two attached hydrogens (primary N) is 1. The lowest BCUT2D eigenvalue weighted by molar-refractivity contribution is -0.149. The minimum Gasteiger partial charge on any atom is -0.316 e. The van der Waals surface area contributed by atoms with Crippen LogP contribution in [-0.2, 0) is 6.42 Å². The van der Waals surface area contributed by atoms with Crippen molar-refractivity contribution in [2.75, 3.05) is 0 Å². The molecule has 1 rings (SSSR count). The molecular weight excluding hydrogens is 215 g/mol. The topological polar surface area (TPSA) is 26.0 Å². The molecule has 0 saturated carbocycles. The summed E-state index contributed by atoms with van der Waals surface area (Å²) < 4.78 is 36.9. The van der Waals surface area contributed by atoms with E-state index < -0.39 is 12.2 Å². The molecule has 0 amide bonds. The van der Waals surface area contributed by atoms with Gasteiger partial charge in [0.1, 0.15) is 6.04 Å². The number of benzene rings is 1. The van der Waals surface area contributed by atoms with Gasteiger partial charge in [0.2, 0.25) is 0 Å². The average Bonchev–Trinajstić information content (AvgIpc) is 2.25. The number of hydrogen-bond acceptors (Lipinski definition) is 1. The molecule has 0 radical (unpaired) electrons. The van der Waals surface area contributed by atoms with Crippen molar-refractivity contribution in [3.8, 4) is 0 Å². The molecule has 0 saturated heterocycles. The van der Waals surface area contributed by atoms with Gasteiger partial charge in [0.05, 0.1) is 0 Å². The summed E-state index contributed by atoms with van der Waals surface area (Å²) in [5.41, 5.74) is 6.27. The van der Waals surface area contributed by atoms with Gasteiger partial charge < -0.3 is 5.73 Å². The van der Waals surface area contributed by atoms with Crippen LogP contribution in [0, 0.1) is 0 Å². The Morgan fingerprint density at radius 2 is 1.75 bits per heavy atom. The molecule has 1 nitrogen and oxygen atoms in total. The van der Waals surface area contributed by atoms with E-state index in [0.717, 1.165) is 24.8 Å². The number of aryl methyl sites for hydroxylation is 1. The van der Waals surface area contributed by atoms with Gasteiger partial charge in [-0.05, 0) is 24.0 Å². The molecule has 0 spiro atoms. The lowest BCUT2D eigenvalue weighted by Gasteiger charge is -2.16. The van der Waals surface area contributed by atoms with Crippen LogP contribution in [0.1, 0.15) is 36.9 Å². The number of hydrogen-bond donors (Lipinski definition) is 1. The van der Waals surface area contributed by atoms with Gasteiger partial charge in [-0.3, -0.25) is 0 Å². The monoisotopic (exact) mass is 231 g/mol. The van der Waals surface area contributed by atoms with Crippen molar-refractivity contribution < 1.29 is 13.2 Å². The molecule has 1 aromatic carbocycles. The highest BCUT2D eigenvalue weighted by molar-refractivity contribution is 5.25. The first-order chi connectivity index (χ1) is 7.45. The fourth-order valence-corrected chi connectivity index (χ4v) is 1.46. The molecular formula is C12H16F3N. The summed E-state index contributed by atoms with van der Waals surface area (Å²) in [7, 11) is 0. The number of rotatable bonds is 4. The van der Waals surface area contributed by atoms with E-state index in [9.17, 15) is 13.2 Å². The van der Waals surface area contributed by atoms with Crippen molar-refractivity contribution in [2.45, 2.75) is 38.4 Å². The molecule has 1 aromatic rings. The Bertz CT molecular complexity index is 316. The van der Waals surface area contributed by atoms with Crippen LogP contribution in [0.5, 0.6) is 0 Å². The third-order valence-electron chi connectivity index (χ3n) is 2.51. The Labute approximate surface area is 93.5 Å². The summed E-state index contributed by atoms with van der Waals surface area (Å²) in [5.74, 6) is 0. The predicted molar refractivity (Wildman–Crippen MR) is 58.0 cm³/mol. The van der Waals surface area contributed by atoms with Gasteiger partial charge in [-0.2, -0.15) is 13.2 Å². The first kappa shape index (κ1) is 13.0. The predicted octanol–water partition coefficient (Wildman–Crippen LogP) is 3.59. The number of alkyl halides is 3. The third-order valence-corrected chi connectivity index (χ3v) is 2.51. The molecule has 0 aliphatic heterocycles. The minimum absolute atomic E-state index is 0.118. The van der Waals surface area contributed by atoms with E-state index >= 15 is 0 Å². The fourth-order valence-electron chi connectivity index (χ4n) is 1.46. The summed E-state index contributed by atoms with van der Waals surface area (Å²) in [4.78, 5) is 0. The average molecular weight is 231 g/mol. The zero-order valence-electron chi connectivity index (χ0n) is 9.22. The third kappa shape index (κ3) is 3.52. The highest BCUT2D eigenvalue weighted by atomic mass is 19.4. The van der Waals surface area contributed by atoms with Crippen molar-refractivity contribution in [2.24, 2.45) is 5.73 Å². The fraction of sp³-hybridized carbons (Fsp3) is 0.500. The lowest BCUT2D eigenvalue weighted by Crippen LogP contribution is -2.28. The molecule has 0 heterocycles. The van der Waals surface area contributed by atoms with E-state index in [-0.39, 0.29) is 5.56 Å². The first-order valence-electron chi connectivity index (χ1n) is 5.36. The van der Waals surface area contributed by atoms with Crippen LogP contribution in [0.3, 0.4) is 0 Å². The quantitative estimate of drug-likeness (QED) is 0.841. The Kier molecular flexibility index (Phi) is 4.35. The van der Waals surface area contributed by atoms with Gasteiger partial charge in [-0.1, -0.05) is 37.6 Å². The summed E-state index contributed by atoms with van der Waals surface area (Å²) in [6.07, 6.45) is -1.35. The maximum Gasteiger partial charge on any atom is 0.407 e. The van der Waals surface area contributed by atoms with Crippen LogP contribution < -0.4 is 5.73 Å². The molecule has 0 fully saturated rings. The Morgan fingerprint density at radius 3 is 2.19 bits per heavy atom. The van der Waals surface area contributed by atoms with E-state index in [1.165, 1.54) is 12.1 Å². The molecule has 4 heteroatoms. The van der Waals surface area contributed by atoms with Crippen LogP contribution in [0.15, 0.2) is 24.3 Å². The second kappa shape index (κ2) is 5.34. The molecule has 1 unspecified atom stereocenters. The van der Waals surface area contributed by atoms with E-state index in [1.807, 2.05) is 0 Å². The highest BCUT2D eigenvalue weighted by Gasteiger charge is 2.37. The van der Waals surface area contributed by atoms with Gasteiger partial charge in [-0.25, -0.2) is 0 Å². The maximum atomic E-state index is 12.3. The van der Waals surface area contributed by atoms with Crippen molar-refractivity contribution in [3.05, 3.63) is 35.4 Å². The maximum absolute atomic E-state index is 12.3. The van der Waals surface area contributed by atoms with Crippen molar-refractivity contribution in [1.82, 2.24) is 0 Å². The Hall–Kier alpha value is -1.03. The Morgan fingerprint density at radius 1 is 1.19 bits per heavy atom. The van der Waals surface area contributed by atoms with Gasteiger partial charge in [0, 0.05) is 0 Å². The molecule has 2 N–H and O–H groups in total. The first-order valence-corrected chi connectivity index (χ1v) is 5.36. The largest absolute Gasteiger partial charge is 0.407 e. The number of unbranched alkanes of at least 4 members (excludes halogenated alkanes) is 1. The second-order valence-electron chi connectivity index (χ2n) is 3.86. The van der Waals surface area contributed by atoms with E-state index in [0.29, 0.717) is 0 Å². The van der Waals surface area contributed by atoms with Crippen LogP contribution in [0.25, 0.3) is 0 Å². The molecule has 0 aliphatic rings. The van der Waals surface area contributed by atoms with E-state index in [4.69, 9.17) is 5.73 Å². The molecule has 0 aromatic heterocycles. The molecule has 90 valence electrons. The normalized spacial score (nSPS) is 13.8. The smallest absolute Gasteiger partial charge is 0.316 e. The van der Waals surface area contributed by atoms with E-state index in [2.05, 4.69) is 6.92 Å². The summed E-state index contributed by atoms with van der Waals surface area (Å²) in [6, 6.07) is 4.48. The van der Waals surface area contributed by atoms with Gasteiger partial charge in [0.15, 0.2) is 0 Å². The lowest BCUT2D eigenvalue weighted by atomic mass is 10.0. The second-order valence-corrected chi connectivity index (χ2v) is 3.86. The summed E-state index contributed by atoms with van der Waals surface area (Å²) in [5, 5.41) is 0. The zero-order chi connectivity index (χ0) is 12.2. The van der Waals surface area contributed by atoms with Crippen LogP contribution in [0.2, 0.25) is 0 Å². The van der Waals surface area contributed by atoms with Crippen LogP contribution in [0.4, 0.5) is 13.2 Å². The van der Waals surface area contributed by atoms with E-state index in [1.54, 1.807) is 12.1 Å². The zero-order valence-corrected chi connectivity index (χ0v) is 9.22. The standard InChI is InChI=1S/C12H16F3N/c1-2-3-4-9-5-7-10(8-6-9)11(16)12(13,14)15/h5-8,11H,2-4,16H2,1H3. The van der Waals surface area contributed by atoms with Crippen molar-refractivity contribution in [1.29, 1.82) is 0 Å². The van der Waals surface area contributed by atoms with Gasteiger partial charge >= 0.3 is 6.18 Å². The number of halogens is 3. The van der Waals surface area contributed by atoms with Crippen LogP contribution in [-0.4, -0.2) is 6.18 Å². The molecule has 0 bridgehead atoms. The minimum atomic E-state index is -4.37.